The van der Waals surface area contributed by atoms with Crippen LogP contribution in [0.4, 0.5) is 10.1 Å². The lowest BCUT2D eigenvalue weighted by Gasteiger charge is -2.10. The second-order valence-electron chi connectivity index (χ2n) is 4.50. The zero-order chi connectivity index (χ0) is 14.4. The summed E-state index contributed by atoms with van der Waals surface area (Å²) < 4.78 is 13.5. The van der Waals surface area contributed by atoms with Crippen molar-refractivity contribution in [3.8, 4) is 0 Å². The Labute approximate surface area is 126 Å². The number of halogens is 3. The van der Waals surface area contributed by atoms with Crippen molar-refractivity contribution in [2.45, 2.75) is 32.7 Å². The van der Waals surface area contributed by atoms with Crippen LogP contribution in [0.15, 0.2) is 16.6 Å². The lowest BCUT2D eigenvalue weighted by Crippen LogP contribution is -2.24. The third-order valence-electron chi connectivity index (χ3n) is 2.40. The van der Waals surface area contributed by atoms with Gasteiger partial charge in [0.2, 0.25) is 5.91 Å². The highest BCUT2D eigenvalue weighted by Gasteiger charge is 2.11. The highest BCUT2D eigenvalue weighted by atomic mass is 79.9. The molecule has 19 heavy (non-hydrogen) atoms. The van der Waals surface area contributed by atoms with Gasteiger partial charge in [-0.15, -0.1) is 0 Å². The van der Waals surface area contributed by atoms with Gasteiger partial charge in [0.05, 0.1) is 10.7 Å². The van der Waals surface area contributed by atoms with Crippen molar-refractivity contribution in [3.63, 3.8) is 0 Å². The van der Waals surface area contributed by atoms with Crippen LogP contribution in [-0.4, -0.2) is 18.5 Å². The first-order valence-electron chi connectivity index (χ1n) is 6.08. The molecule has 106 valence electrons. The molecule has 0 aromatic heterocycles. The molecule has 0 atom stereocenters. The molecule has 0 aliphatic carbocycles. The van der Waals surface area contributed by atoms with Crippen LogP contribution < -0.4 is 10.6 Å². The molecule has 6 heteroatoms. The number of nitrogens with one attached hydrogen (secondary N) is 2. The smallest absolute Gasteiger partial charge is 0.224 e. The Bertz CT molecular complexity index is 431. The molecule has 0 radical (unpaired) electrons. The molecule has 0 heterocycles. The Hall–Kier alpha value is -0.650. The fraction of sp³-hybridized carbons (Fsp3) is 0.462. The fourth-order valence-corrected chi connectivity index (χ4v) is 2.40. The molecule has 3 nitrogen and oxygen atoms in total. The fourth-order valence-electron chi connectivity index (χ4n) is 1.50. The minimum atomic E-state index is -0.448. The molecule has 1 aromatic rings. The predicted molar refractivity (Wildman–Crippen MR) is 80.1 cm³/mol. The van der Waals surface area contributed by atoms with E-state index in [2.05, 4.69) is 40.4 Å². The van der Waals surface area contributed by atoms with E-state index >= 15 is 0 Å². The summed E-state index contributed by atoms with van der Waals surface area (Å²) in [6.45, 7) is 4.88. The van der Waals surface area contributed by atoms with Gasteiger partial charge in [-0.3, -0.25) is 4.79 Å². The van der Waals surface area contributed by atoms with E-state index in [1.54, 1.807) is 0 Å². The van der Waals surface area contributed by atoms with Crippen molar-refractivity contribution >= 4 is 39.1 Å². The van der Waals surface area contributed by atoms with Gasteiger partial charge in [0.15, 0.2) is 0 Å². The molecule has 0 saturated heterocycles. The first-order chi connectivity index (χ1) is 8.90. The van der Waals surface area contributed by atoms with Crippen LogP contribution in [0.1, 0.15) is 26.7 Å². The summed E-state index contributed by atoms with van der Waals surface area (Å²) in [6, 6.07) is 2.84. The van der Waals surface area contributed by atoms with Gasteiger partial charge in [0.1, 0.15) is 5.82 Å². The Balaban J connectivity index is 2.49. The van der Waals surface area contributed by atoms with Crippen LogP contribution in [0.5, 0.6) is 0 Å². The van der Waals surface area contributed by atoms with E-state index in [1.165, 1.54) is 12.1 Å². The van der Waals surface area contributed by atoms with Crippen LogP contribution in [-0.2, 0) is 4.79 Å². The quantitative estimate of drug-likeness (QED) is 0.762. The highest BCUT2D eigenvalue weighted by Crippen LogP contribution is 2.31. The number of rotatable bonds is 6. The maximum absolute atomic E-state index is 13.0. The van der Waals surface area contributed by atoms with E-state index in [0.717, 1.165) is 13.0 Å². The van der Waals surface area contributed by atoms with E-state index in [9.17, 15) is 9.18 Å². The zero-order valence-corrected chi connectivity index (χ0v) is 13.2. The van der Waals surface area contributed by atoms with E-state index in [0.29, 0.717) is 22.6 Å². The zero-order valence-electron chi connectivity index (χ0n) is 10.9. The molecule has 2 N–H and O–H groups in total. The molecule has 0 aliphatic heterocycles. The number of anilines is 1. The number of carbonyl (C=O) groups is 1. The predicted octanol–water partition coefficient (Wildman–Crippen LogP) is 3.96. The number of benzene rings is 1. The van der Waals surface area contributed by atoms with Crippen molar-refractivity contribution < 1.29 is 9.18 Å². The van der Waals surface area contributed by atoms with Crippen LogP contribution in [0, 0.1) is 5.82 Å². The van der Waals surface area contributed by atoms with Gasteiger partial charge in [-0.2, -0.15) is 0 Å². The third kappa shape index (κ3) is 5.89. The Morgan fingerprint density at radius 1 is 1.47 bits per heavy atom. The SMILES string of the molecule is CC(C)NCCCC(=O)Nc1c(Cl)cc(F)cc1Br. The molecule has 1 amide bonds. The first-order valence-corrected chi connectivity index (χ1v) is 7.25. The summed E-state index contributed by atoms with van der Waals surface area (Å²) in [5, 5.41) is 6.09. The van der Waals surface area contributed by atoms with Crippen molar-refractivity contribution in [2.24, 2.45) is 0 Å². The molecular formula is C13H17BrClFN2O. The second kappa shape index (κ2) is 7.82. The van der Waals surface area contributed by atoms with Gasteiger partial charge in [0.25, 0.3) is 0 Å². The standard InChI is InChI=1S/C13H17BrClFN2O/c1-8(2)17-5-3-4-12(19)18-13-10(14)6-9(16)7-11(13)15/h6-8,17H,3-5H2,1-2H3,(H,18,19). The molecule has 1 aromatic carbocycles. The van der Waals surface area contributed by atoms with Gasteiger partial charge in [0, 0.05) is 16.9 Å². The average Bonchev–Trinajstić information content (AvgIpc) is 2.29. The Morgan fingerprint density at radius 2 is 2.16 bits per heavy atom. The summed E-state index contributed by atoms with van der Waals surface area (Å²) in [5.74, 6) is -0.587. The molecule has 0 spiro atoms. The number of hydrogen-bond donors (Lipinski definition) is 2. The van der Waals surface area contributed by atoms with Crippen LogP contribution in [0.2, 0.25) is 5.02 Å². The van der Waals surface area contributed by atoms with Gasteiger partial charge < -0.3 is 10.6 Å². The topological polar surface area (TPSA) is 41.1 Å². The molecule has 0 aliphatic rings. The molecule has 0 fully saturated rings. The molecule has 0 saturated carbocycles. The van der Waals surface area contributed by atoms with Gasteiger partial charge >= 0.3 is 0 Å². The third-order valence-corrected chi connectivity index (χ3v) is 3.33. The minimum absolute atomic E-state index is 0.139. The van der Waals surface area contributed by atoms with Crippen molar-refractivity contribution in [3.05, 3.63) is 27.4 Å². The van der Waals surface area contributed by atoms with Gasteiger partial charge in [-0.1, -0.05) is 25.4 Å². The van der Waals surface area contributed by atoms with Crippen molar-refractivity contribution in [2.75, 3.05) is 11.9 Å². The first kappa shape index (κ1) is 16.4. The maximum Gasteiger partial charge on any atom is 0.224 e. The average molecular weight is 352 g/mol. The Kier molecular flexibility index (Phi) is 6.75. The lowest BCUT2D eigenvalue weighted by atomic mass is 10.2. The Morgan fingerprint density at radius 3 is 2.74 bits per heavy atom. The summed E-state index contributed by atoms with van der Waals surface area (Å²) in [6.07, 6.45) is 1.13. The van der Waals surface area contributed by atoms with E-state index in [4.69, 9.17) is 11.6 Å². The molecule has 1 rings (SSSR count). The largest absolute Gasteiger partial charge is 0.324 e. The number of amides is 1. The van der Waals surface area contributed by atoms with Gasteiger partial charge in [-0.25, -0.2) is 4.39 Å². The van der Waals surface area contributed by atoms with E-state index in [1.807, 2.05) is 0 Å². The van der Waals surface area contributed by atoms with Crippen LogP contribution in [0.3, 0.4) is 0 Å². The monoisotopic (exact) mass is 350 g/mol. The highest BCUT2D eigenvalue weighted by molar-refractivity contribution is 9.10. The molecule has 0 unspecified atom stereocenters. The second-order valence-corrected chi connectivity index (χ2v) is 5.77. The minimum Gasteiger partial charge on any atom is -0.324 e. The van der Waals surface area contributed by atoms with Crippen LogP contribution in [0.25, 0.3) is 0 Å². The number of hydrogen-bond acceptors (Lipinski definition) is 2. The molecular weight excluding hydrogens is 335 g/mol. The normalized spacial score (nSPS) is 10.8. The number of carbonyl (C=O) groups excluding carboxylic acids is 1. The van der Waals surface area contributed by atoms with Crippen LogP contribution >= 0.6 is 27.5 Å². The lowest BCUT2D eigenvalue weighted by molar-refractivity contribution is -0.116. The summed E-state index contributed by atoms with van der Waals surface area (Å²) >= 11 is 9.06. The maximum atomic E-state index is 13.0. The van der Waals surface area contributed by atoms with E-state index < -0.39 is 5.82 Å². The molecule has 0 bridgehead atoms. The van der Waals surface area contributed by atoms with Crippen molar-refractivity contribution in [1.82, 2.24) is 5.32 Å². The van der Waals surface area contributed by atoms with E-state index in [-0.39, 0.29) is 10.9 Å². The summed E-state index contributed by atoms with van der Waals surface area (Å²) in [7, 11) is 0. The van der Waals surface area contributed by atoms with Crippen molar-refractivity contribution in [1.29, 1.82) is 0 Å². The van der Waals surface area contributed by atoms with Gasteiger partial charge in [-0.05, 0) is 41.0 Å². The summed E-state index contributed by atoms with van der Waals surface area (Å²) in [4.78, 5) is 11.7. The summed E-state index contributed by atoms with van der Waals surface area (Å²) in [5.41, 5.74) is 0.407.